The summed E-state index contributed by atoms with van der Waals surface area (Å²) in [6, 6.07) is 0. The SMILES string of the molecule is CCCC(=O)/C=C(\[O-])CCC. The van der Waals surface area contributed by atoms with Gasteiger partial charge in [0.2, 0.25) is 0 Å². The molecule has 0 aromatic rings. The molecule has 0 saturated carbocycles. The van der Waals surface area contributed by atoms with Crippen molar-refractivity contribution >= 4 is 5.78 Å². The van der Waals surface area contributed by atoms with Gasteiger partial charge in [0, 0.05) is 6.42 Å². The highest BCUT2D eigenvalue weighted by Crippen LogP contribution is 1.98. The molecule has 0 amide bonds. The predicted octanol–water partition coefficient (Wildman–Crippen LogP) is 1.40. The van der Waals surface area contributed by atoms with Crippen LogP contribution in [0.2, 0.25) is 0 Å². The quantitative estimate of drug-likeness (QED) is 0.444. The smallest absolute Gasteiger partial charge is 0.154 e. The third-order valence-electron chi connectivity index (χ3n) is 1.31. The molecule has 0 aromatic heterocycles. The molecule has 2 heteroatoms. The molecule has 0 unspecified atom stereocenters. The van der Waals surface area contributed by atoms with E-state index in [1.807, 2.05) is 13.8 Å². The fourth-order valence-corrected chi connectivity index (χ4v) is 0.817. The van der Waals surface area contributed by atoms with Crippen molar-refractivity contribution in [2.24, 2.45) is 0 Å². The van der Waals surface area contributed by atoms with Gasteiger partial charge in [0.1, 0.15) is 0 Å². The van der Waals surface area contributed by atoms with Crippen LogP contribution in [0.4, 0.5) is 0 Å². The minimum atomic E-state index is -0.0362. The highest BCUT2D eigenvalue weighted by atomic mass is 16.3. The highest BCUT2D eigenvalue weighted by molar-refractivity contribution is 5.89. The van der Waals surface area contributed by atoms with Crippen LogP contribution in [0.5, 0.6) is 0 Å². The Morgan fingerprint density at radius 1 is 1.27 bits per heavy atom. The Bertz CT molecular complexity index is 148. The molecule has 0 saturated heterocycles. The molecule has 0 fully saturated rings. The largest absolute Gasteiger partial charge is 0.875 e. The van der Waals surface area contributed by atoms with Crippen molar-refractivity contribution in [3.8, 4) is 0 Å². The van der Waals surface area contributed by atoms with Gasteiger partial charge in [-0.1, -0.05) is 20.3 Å². The van der Waals surface area contributed by atoms with Crippen molar-refractivity contribution in [3.63, 3.8) is 0 Å². The third kappa shape index (κ3) is 5.64. The van der Waals surface area contributed by atoms with E-state index in [9.17, 15) is 9.90 Å². The van der Waals surface area contributed by atoms with Gasteiger partial charge in [0.15, 0.2) is 5.78 Å². The van der Waals surface area contributed by atoms with Crippen LogP contribution in [-0.2, 0) is 4.79 Å². The Kier molecular flexibility index (Phi) is 5.53. The summed E-state index contributed by atoms with van der Waals surface area (Å²) in [6.07, 6.45) is 3.85. The summed E-state index contributed by atoms with van der Waals surface area (Å²) < 4.78 is 0. The first kappa shape index (κ1) is 10.2. The molecule has 0 radical (unpaired) electrons. The molecule has 0 bridgehead atoms. The molecule has 0 heterocycles. The average Bonchev–Trinajstić information content (AvgIpc) is 1.87. The summed E-state index contributed by atoms with van der Waals surface area (Å²) in [7, 11) is 0. The molecule has 0 aromatic carbocycles. The molecule has 0 spiro atoms. The standard InChI is InChI=1S/C9H16O2/c1-3-5-8(10)7-9(11)6-4-2/h7,10H,3-6H2,1-2H3/p-1/b8-7-. The average molecular weight is 155 g/mol. The van der Waals surface area contributed by atoms with Gasteiger partial charge in [-0.2, -0.15) is 0 Å². The molecule has 0 aliphatic heterocycles. The summed E-state index contributed by atoms with van der Waals surface area (Å²) in [5.41, 5.74) is 0. The van der Waals surface area contributed by atoms with Gasteiger partial charge in [-0.05, 0) is 18.9 Å². The Hall–Kier alpha value is -0.790. The molecular weight excluding hydrogens is 140 g/mol. The highest BCUT2D eigenvalue weighted by Gasteiger charge is 1.92. The van der Waals surface area contributed by atoms with Gasteiger partial charge in [-0.3, -0.25) is 4.79 Å². The normalized spacial score (nSPS) is 11.6. The van der Waals surface area contributed by atoms with Gasteiger partial charge >= 0.3 is 0 Å². The third-order valence-corrected chi connectivity index (χ3v) is 1.31. The topological polar surface area (TPSA) is 40.1 Å². The molecule has 11 heavy (non-hydrogen) atoms. The van der Waals surface area contributed by atoms with E-state index in [1.54, 1.807) is 0 Å². The number of ketones is 1. The molecule has 64 valence electrons. The molecule has 0 N–H and O–H groups in total. The zero-order valence-electron chi connectivity index (χ0n) is 7.22. The number of hydrogen-bond donors (Lipinski definition) is 0. The fourth-order valence-electron chi connectivity index (χ4n) is 0.817. The Morgan fingerprint density at radius 3 is 2.27 bits per heavy atom. The minimum Gasteiger partial charge on any atom is -0.875 e. The van der Waals surface area contributed by atoms with Crippen molar-refractivity contribution in [1.82, 2.24) is 0 Å². The number of carbonyl (C=O) groups excluding carboxylic acids is 1. The molecule has 2 nitrogen and oxygen atoms in total. The van der Waals surface area contributed by atoms with Gasteiger partial charge in [-0.25, -0.2) is 0 Å². The van der Waals surface area contributed by atoms with Crippen LogP contribution in [0.25, 0.3) is 0 Å². The summed E-state index contributed by atoms with van der Waals surface area (Å²) in [4.78, 5) is 10.9. The zero-order valence-corrected chi connectivity index (χ0v) is 7.22. The number of rotatable bonds is 5. The first-order chi connectivity index (χ1) is 5.20. The maximum absolute atomic E-state index is 10.9. The summed E-state index contributed by atoms with van der Waals surface area (Å²) in [6.45, 7) is 3.85. The van der Waals surface area contributed by atoms with Crippen LogP contribution in [0.15, 0.2) is 11.8 Å². The molecule has 0 atom stereocenters. The van der Waals surface area contributed by atoms with E-state index in [-0.39, 0.29) is 11.5 Å². The predicted molar refractivity (Wildman–Crippen MR) is 42.9 cm³/mol. The first-order valence-electron chi connectivity index (χ1n) is 4.11. The van der Waals surface area contributed by atoms with E-state index in [4.69, 9.17) is 0 Å². The summed E-state index contributed by atoms with van der Waals surface area (Å²) >= 11 is 0. The van der Waals surface area contributed by atoms with Gasteiger partial charge in [-0.15, -0.1) is 5.76 Å². The lowest BCUT2D eigenvalue weighted by Crippen LogP contribution is -2.06. The molecular formula is C9H15O2-. The van der Waals surface area contributed by atoms with E-state index in [1.165, 1.54) is 6.08 Å². The van der Waals surface area contributed by atoms with Crippen molar-refractivity contribution in [2.45, 2.75) is 39.5 Å². The number of hydrogen-bond acceptors (Lipinski definition) is 2. The lowest BCUT2D eigenvalue weighted by molar-refractivity contribution is -0.306. The first-order valence-corrected chi connectivity index (χ1v) is 4.11. The molecule has 0 aliphatic carbocycles. The summed E-state index contributed by atoms with van der Waals surface area (Å²) in [5.74, 6) is -0.0723. The molecule has 0 rings (SSSR count). The van der Waals surface area contributed by atoms with Gasteiger partial charge < -0.3 is 5.11 Å². The maximum Gasteiger partial charge on any atom is 0.154 e. The van der Waals surface area contributed by atoms with E-state index in [0.717, 1.165) is 12.8 Å². The fraction of sp³-hybridized carbons (Fsp3) is 0.667. The Balaban J connectivity index is 3.76. The Labute approximate surface area is 67.9 Å². The second-order valence-corrected chi connectivity index (χ2v) is 2.58. The lowest BCUT2D eigenvalue weighted by Gasteiger charge is -2.08. The number of allylic oxidation sites excluding steroid dienone is 2. The minimum absolute atomic E-state index is 0.0362. The van der Waals surface area contributed by atoms with Crippen molar-refractivity contribution < 1.29 is 9.90 Å². The van der Waals surface area contributed by atoms with E-state index in [2.05, 4.69) is 0 Å². The van der Waals surface area contributed by atoms with E-state index < -0.39 is 0 Å². The monoisotopic (exact) mass is 155 g/mol. The van der Waals surface area contributed by atoms with Gasteiger partial charge in [0.25, 0.3) is 0 Å². The second-order valence-electron chi connectivity index (χ2n) is 2.58. The summed E-state index contributed by atoms with van der Waals surface area (Å²) in [5, 5.41) is 10.9. The van der Waals surface area contributed by atoms with E-state index >= 15 is 0 Å². The Morgan fingerprint density at radius 2 is 1.82 bits per heavy atom. The van der Waals surface area contributed by atoms with Crippen LogP contribution in [0.3, 0.4) is 0 Å². The van der Waals surface area contributed by atoms with Crippen LogP contribution < -0.4 is 5.11 Å². The number of carbonyl (C=O) groups is 1. The van der Waals surface area contributed by atoms with Crippen LogP contribution >= 0.6 is 0 Å². The zero-order chi connectivity index (χ0) is 8.69. The van der Waals surface area contributed by atoms with Crippen LogP contribution in [0.1, 0.15) is 39.5 Å². The van der Waals surface area contributed by atoms with Crippen molar-refractivity contribution in [2.75, 3.05) is 0 Å². The van der Waals surface area contributed by atoms with Crippen LogP contribution in [0, 0.1) is 0 Å². The maximum atomic E-state index is 10.9. The van der Waals surface area contributed by atoms with Gasteiger partial charge in [0.05, 0.1) is 0 Å². The second kappa shape index (κ2) is 5.96. The van der Waals surface area contributed by atoms with Crippen LogP contribution in [-0.4, -0.2) is 5.78 Å². The van der Waals surface area contributed by atoms with E-state index in [0.29, 0.717) is 12.8 Å². The van der Waals surface area contributed by atoms with Crippen molar-refractivity contribution in [1.29, 1.82) is 0 Å². The molecule has 0 aliphatic rings. The lowest BCUT2D eigenvalue weighted by atomic mass is 10.2. The van der Waals surface area contributed by atoms with Crippen molar-refractivity contribution in [3.05, 3.63) is 11.8 Å².